The number of rotatable bonds is 5. The number of benzene rings is 1. The highest BCUT2D eigenvalue weighted by atomic mass is 16.6. The lowest BCUT2D eigenvalue weighted by molar-refractivity contribution is -0.170. The van der Waals surface area contributed by atoms with E-state index >= 15 is 0 Å². The van der Waals surface area contributed by atoms with Gasteiger partial charge in [-0.25, -0.2) is 0 Å². The lowest BCUT2D eigenvalue weighted by Crippen LogP contribution is -2.49. The van der Waals surface area contributed by atoms with E-state index in [2.05, 4.69) is 13.8 Å². The molecule has 1 heterocycles. The maximum Gasteiger partial charge on any atom is 0.323 e. The molecule has 25 heavy (non-hydrogen) atoms. The van der Waals surface area contributed by atoms with Crippen LogP contribution in [0.25, 0.3) is 0 Å². The first-order valence-corrected chi connectivity index (χ1v) is 8.84. The Hall–Kier alpha value is -1.63. The van der Waals surface area contributed by atoms with E-state index in [-0.39, 0.29) is 0 Å². The second kappa shape index (κ2) is 9.75. The minimum absolute atomic E-state index is 0.340. The molecule has 140 valence electrons. The van der Waals surface area contributed by atoms with Crippen molar-refractivity contribution in [3.8, 4) is 5.75 Å². The molecule has 1 fully saturated rings. The zero-order valence-electron chi connectivity index (χ0n) is 15.2. The number of carbonyl (C=O) groups is 1. The molecule has 0 aliphatic carbocycles. The van der Waals surface area contributed by atoms with Crippen LogP contribution in [0.3, 0.4) is 0 Å². The lowest BCUT2D eigenvalue weighted by atomic mass is 10.1. The van der Waals surface area contributed by atoms with Crippen LogP contribution in [-0.2, 0) is 19.0 Å². The Morgan fingerprint density at radius 2 is 2.00 bits per heavy atom. The van der Waals surface area contributed by atoms with Gasteiger partial charge in [-0.1, -0.05) is 32.0 Å². The lowest BCUT2D eigenvalue weighted by Gasteiger charge is -2.33. The molecule has 0 amide bonds. The molecule has 0 saturated carbocycles. The van der Waals surface area contributed by atoms with Gasteiger partial charge in [0.15, 0.2) is 6.10 Å². The van der Waals surface area contributed by atoms with E-state index in [4.69, 9.17) is 24.7 Å². The highest BCUT2D eigenvalue weighted by Gasteiger charge is 2.34. The Balaban J connectivity index is 2.17. The van der Waals surface area contributed by atoms with Crippen molar-refractivity contribution in [2.75, 3.05) is 19.8 Å². The summed E-state index contributed by atoms with van der Waals surface area (Å²) in [4.78, 5) is 12.1. The van der Waals surface area contributed by atoms with Gasteiger partial charge in [0, 0.05) is 13.2 Å². The maximum atomic E-state index is 12.1. The van der Waals surface area contributed by atoms with Crippen molar-refractivity contribution < 1.29 is 23.7 Å². The van der Waals surface area contributed by atoms with Gasteiger partial charge >= 0.3 is 5.97 Å². The molecule has 0 unspecified atom stereocenters. The van der Waals surface area contributed by atoms with E-state index in [0.717, 1.165) is 5.75 Å². The second-order valence-electron chi connectivity index (χ2n) is 6.77. The van der Waals surface area contributed by atoms with E-state index in [1.807, 2.05) is 30.3 Å². The van der Waals surface area contributed by atoms with Crippen LogP contribution in [-0.4, -0.2) is 50.1 Å². The predicted octanol–water partition coefficient (Wildman–Crippen LogP) is 2.15. The van der Waals surface area contributed by atoms with Crippen molar-refractivity contribution in [3.63, 3.8) is 0 Å². The van der Waals surface area contributed by atoms with Crippen molar-refractivity contribution in [1.82, 2.24) is 0 Å². The summed E-state index contributed by atoms with van der Waals surface area (Å²) in [7, 11) is 0. The molecule has 1 aromatic rings. The van der Waals surface area contributed by atoms with Crippen molar-refractivity contribution in [3.05, 3.63) is 30.3 Å². The quantitative estimate of drug-likeness (QED) is 0.819. The zero-order chi connectivity index (χ0) is 18.2. The largest absolute Gasteiger partial charge is 0.485 e. The summed E-state index contributed by atoms with van der Waals surface area (Å²) in [5, 5.41) is 0. The first-order valence-electron chi connectivity index (χ1n) is 8.84. The smallest absolute Gasteiger partial charge is 0.323 e. The summed E-state index contributed by atoms with van der Waals surface area (Å²) in [6.45, 7) is 7.18. The van der Waals surface area contributed by atoms with Crippen LogP contribution >= 0.6 is 0 Å². The molecule has 1 aliphatic heterocycles. The van der Waals surface area contributed by atoms with Crippen molar-refractivity contribution in [2.45, 2.75) is 51.5 Å². The topological polar surface area (TPSA) is 80.0 Å². The molecule has 1 aliphatic rings. The van der Waals surface area contributed by atoms with Crippen LogP contribution in [0.4, 0.5) is 0 Å². The van der Waals surface area contributed by atoms with E-state index in [1.54, 1.807) is 6.92 Å². The molecule has 4 atom stereocenters. The summed E-state index contributed by atoms with van der Waals surface area (Å²) in [6.07, 6.45) is -0.913. The fourth-order valence-electron chi connectivity index (χ4n) is 2.58. The third-order valence-corrected chi connectivity index (χ3v) is 3.94. The van der Waals surface area contributed by atoms with E-state index < -0.39 is 30.3 Å². The summed E-state index contributed by atoms with van der Waals surface area (Å²) < 4.78 is 23.4. The van der Waals surface area contributed by atoms with E-state index in [9.17, 15) is 4.79 Å². The van der Waals surface area contributed by atoms with Gasteiger partial charge in [-0.05, 0) is 31.4 Å². The number of nitrogens with two attached hydrogens (primary N) is 1. The molecule has 6 nitrogen and oxygen atoms in total. The number of cyclic esters (lactones) is 1. The molecule has 2 N–H and O–H groups in total. The van der Waals surface area contributed by atoms with Crippen LogP contribution in [0.2, 0.25) is 0 Å². The number of carbonyl (C=O) groups excluding carboxylic acids is 1. The fourth-order valence-corrected chi connectivity index (χ4v) is 2.58. The monoisotopic (exact) mass is 351 g/mol. The average molecular weight is 351 g/mol. The molecule has 0 radical (unpaired) electrons. The van der Waals surface area contributed by atoms with Gasteiger partial charge in [-0.3, -0.25) is 4.79 Å². The molecule has 1 aromatic carbocycles. The summed E-state index contributed by atoms with van der Waals surface area (Å²) >= 11 is 0. The zero-order valence-corrected chi connectivity index (χ0v) is 15.2. The first kappa shape index (κ1) is 19.7. The standard InChI is InChI=1S/C19H29NO5/c1-13(2)11-23-18-14(3)24-19(21)16(20)9-10-22-12-17(18)25-15-7-5-4-6-8-15/h4-8,13-14,16-18H,9-12,20H2,1-3H3/t14-,16-,17-,18-/m0/s1. The minimum atomic E-state index is -0.681. The molecule has 2 rings (SSSR count). The van der Waals surface area contributed by atoms with Crippen molar-refractivity contribution in [1.29, 1.82) is 0 Å². The Morgan fingerprint density at radius 1 is 1.28 bits per heavy atom. The molecule has 0 spiro atoms. The second-order valence-corrected chi connectivity index (χ2v) is 6.77. The SMILES string of the molecule is CC(C)CO[C@H]1[C@H](C)OC(=O)[C@@H](N)CCOC[C@@H]1Oc1ccccc1. The summed E-state index contributed by atoms with van der Waals surface area (Å²) in [5.41, 5.74) is 5.83. The highest BCUT2D eigenvalue weighted by molar-refractivity contribution is 5.75. The van der Waals surface area contributed by atoms with Crippen molar-refractivity contribution in [2.24, 2.45) is 11.7 Å². The number of esters is 1. The normalized spacial score (nSPS) is 28.4. The first-order chi connectivity index (χ1) is 12.0. The minimum Gasteiger partial charge on any atom is -0.485 e. The third-order valence-electron chi connectivity index (χ3n) is 3.94. The van der Waals surface area contributed by atoms with Crippen LogP contribution in [0.1, 0.15) is 27.2 Å². The van der Waals surface area contributed by atoms with Gasteiger partial charge in [0.05, 0.1) is 6.61 Å². The number of ether oxygens (including phenoxy) is 4. The van der Waals surface area contributed by atoms with Crippen LogP contribution in [0.15, 0.2) is 30.3 Å². The van der Waals surface area contributed by atoms with Crippen molar-refractivity contribution >= 4 is 5.97 Å². The molecule has 6 heteroatoms. The Morgan fingerprint density at radius 3 is 2.68 bits per heavy atom. The average Bonchev–Trinajstić information content (AvgIpc) is 2.58. The van der Waals surface area contributed by atoms with Gasteiger partial charge in [0.25, 0.3) is 0 Å². The molecular formula is C19H29NO5. The summed E-state index contributed by atoms with van der Waals surface area (Å²) in [5.74, 6) is 0.634. The maximum absolute atomic E-state index is 12.1. The molecule has 0 aromatic heterocycles. The number of hydrogen-bond donors (Lipinski definition) is 1. The third kappa shape index (κ3) is 6.30. The van der Waals surface area contributed by atoms with Gasteiger partial charge in [-0.2, -0.15) is 0 Å². The Kier molecular flexibility index (Phi) is 7.68. The number of hydrogen-bond acceptors (Lipinski definition) is 6. The fraction of sp³-hybridized carbons (Fsp3) is 0.632. The summed E-state index contributed by atoms with van der Waals surface area (Å²) in [6, 6.07) is 8.82. The van der Waals surface area contributed by atoms with Gasteiger partial charge in [0.2, 0.25) is 0 Å². The Bertz CT molecular complexity index is 522. The van der Waals surface area contributed by atoms with Crippen LogP contribution in [0.5, 0.6) is 5.75 Å². The Labute approximate surface area is 149 Å². The molecule has 1 saturated heterocycles. The van der Waals surface area contributed by atoms with Gasteiger partial charge < -0.3 is 24.7 Å². The van der Waals surface area contributed by atoms with E-state index in [0.29, 0.717) is 32.2 Å². The highest BCUT2D eigenvalue weighted by Crippen LogP contribution is 2.20. The van der Waals surface area contributed by atoms with E-state index in [1.165, 1.54) is 0 Å². The van der Waals surface area contributed by atoms with Crippen LogP contribution in [0, 0.1) is 5.92 Å². The molecular weight excluding hydrogens is 322 g/mol. The van der Waals surface area contributed by atoms with Gasteiger partial charge in [0.1, 0.15) is 24.0 Å². The molecule has 0 bridgehead atoms. The number of para-hydroxylation sites is 1. The van der Waals surface area contributed by atoms with Crippen LogP contribution < -0.4 is 10.5 Å². The predicted molar refractivity (Wildman–Crippen MR) is 94.4 cm³/mol. The van der Waals surface area contributed by atoms with Gasteiger partial charge in [-0.15, -0.1) is 0 Å².